The van der Waals surface area contributed by atoms with Gasteiger partial charge in [-0.15, -0.1) is 0 Å². The molecule has 2 aromatic carbocycles. The molecule has 0 spiro atoms. The van der Waals surface area contributed by atoms with Gasteiger partial charge in [0, 0.05) is 54.8 Å². The molecular weight excluding hydrogens is 567 g/mol. The first-order valence-electron chi connectivity index (χ1n) is 12.8. The van der Waals surface area contributed by atoms with Crippen LogP contribution in [-0.2, 0) is 29.1 Å². The van der Waals surface area contributed by atoms with E-state index in [-0.39, 0.29) is 24.0 Å². The third-order valence-corrected chi connectivity index (χ3v) is 8.54. The van der Waals surface area contributed by atoms with Gasteiger partial charge in [0.05, 0.1) is 28.0 Å². The number of nitrogens with zero attached hydrogens (tertiary/aromatic N) is 4. The number of aryl methyl sites for hydroxylation is 2. The van der Waals surface area contributed by atoms with E-state index >= 15 is 0 Å². The van der Waals surface area contributed by atoms with E-state index in [1.54, 1.807) is 22.8 Å². The number of hydrogen-bond donors (Lipinski definition) is 1. The Balaban J connectivity index is 1.30. The van der Waals surface area contributed by atoms with Crippen molar-refractivity contribution in [2.24, 2.45) is 0 Å². The van der Waals surface area contributed by atoms with Crippen LogP contribution in [0.15, 0.2) is 47.3 Å². The molecule has 4 aromatic rings. The predicted octanol–water partition coefficient (Wildman–Crippen LogP) is 5.06. The fourth-order valence-electron chi connectivity index (χ4n) is 5.23. The highest BCUT2D eigenvalue weighted by atomic mass is 35.5. The molecule has 0 bridgehead atoms. The average Bonchev–Trinajstić information content (AvgIpc) is 3.38. The highest BCUT2D eigenvalue weighted by molar-refractivity contribution is 7.90. The SMILES string of the molecule is Cc1[nH]c(-c2ccc(C(F)(F)F)cc2)nc1CN1CCC(n2c(=O)n(CCS(C)(=O)=O)c3cc(Cl)ccc32)CC1. The summed E-state index contributed by atoms with van der Waals surface area (Å²) in [7, 11) is -3.26. The standard InChI is InChI=1S/C27H29ClF3N5O3S/c1-17-22(33-25(32-17)18-3-5-19(6-4-18)27(29,30)31)16-34-11-9-21(10-12-34)36-23-8-7-20(28)15-24(23)35(26(36)37)13-14-40(2,38)39/h3-8,15,21H,9-14,16H2,1-2H3,(H,32,33). The number of likely N-dealkylation sites (tertiary alicyclic amines) is 1. The van der Waals surface area contributed by atoms with Gasteiger partial charge < -0.3 is 4.98 Å². The number of rotatable bonds is 7. The molecule has 0 unspecified atom stereocenters. The summed E-state index contributed by atoms with van der Waals surface area (Å²) in [5.74, 6) is 0.372. The van der Waals surface area contributed by atoms with Crippen molar-refractivity contribution in [3.63, 3.8) is 0 Å². The lowest BCUT2D eigenvalue weighted by Gasteiger charge is -2.32. The number of halogens is 4. The largest absolute Gasteiger partial charge is 0.416 e. The molecule has 0 aliphatic carbocycles. The maximum Gasteiger partial charge on any atom is 0.416 e. The zero-order valence-electron chi connectivity index (χ0n) is 22.0. The molecule has 1 saturated heterocycles. The van der Waals surface area contributed by atoms with Gasteiger partial charge in [0.15, 0.2) is 0 Å². The van der Waals surface area contributed by atoms with Gasteiger partial charge in [-0.2, -0.15) is 13.2 Å². The van der Waals surface area contributed by atoms with Gasteiger partial charge in [-0.1, -0.05) is 23.7 Å². The van der Waals surface area contributed by atoms with Crippen LogP contribution in [0.1, 0.15) is 35.8 Å². The lowest BCUT2D eigenvalue weighted by Crippen LogP contribution is -2.38. The van der Waals surface area contributed by atoms with Gasteiger partial charge in [0.1, 0.15) is 15.7 Å². The number of alkyl halides is 3. The fraction of sp³-hybridized carbons (Fsp3) is 0.407. The van der Waals surface area contributed by atoms with E-state index in [0.29, 0.717) is 54.4 Å². The molecule has 13 heteroatoms. The molecule has 3 heterocycles. The Hall–Kier alpha value is -3.09. The van der Waals surface area contributed by atoms with Crippen molar-refractivity contribution in [2.75, 3.05) is 25.1 Å². The number of fused-ring (bicyclic) bond motifs is 1. The summed E-state index contributed by atoms with van der Waals surface area (Å²) in [5.41, 5.74) is 2.63. The van der Waals surface area contributed by atoms with Gasteiger partial charge in [-0.25, -0.2) is 18.2 Å². The van der Waals surface area contributed by atoms with Gasteiger partial charge in [0.25, 0.3) is 0 Å². The highest BCUT2D eigenvalue weighted by Gasteiger charge is 2.30. The first-order chi connectivity index (χ1) is 18.8. The van der Waals surface area contributed by atoms with Crippen LogP contribution in [0, 0.1) is 6.92 Å². The number of H-pyrrole nitrogens is 1. The Kier molecular flexibility index (Phi) is 7.62. The van der Waals surface area contributed by atoms with Gasteiger partial charge >= 0.3 is 11.9 Å². The second kappa shape index (κ2) is 10.7. The van der Waals surface area contributed by atoms with Gasteiger partial charge in [-0.05, 0) is 50.1 Å². The summed E-state index contributed by atoms with van der Waals surface area (Å²) in [6.45, 7) is 3.93. The van der Waals surface area contributed by atoms with Crippen LogP contribution in [-0.4, -0.2) is 57.5 Å². The summed E-state index contributed by atoms with van der Waals surface area (Å²) in [6, 6.07) is 10.1. The molecule has 8 nitrogen and oxygen atoms in total. The highest BCUT2D eigenvalue weighted by Crippen LogP contribution is 2.31. The van der Waals surface area contributed by atoms with Crippen molar-refractivity contribution in [3.8, 4) is 11.4 Å². The zero-order chi connectivity index (χ0) is 28.8. The molecule has 2 aromatic heterocycles. The monoisotopic (exact) mass is 595 g/mol. The van der Waals surface area contributed by atoms with Crippen molar-refractivity contribution in [3.05, 3.63) is 74.9 Å². The maximum absolute atomic E-state index is 13.4. The molecule has 0 saturated carbocycles. The minimum atomic E-state index is -4.39. The smallest absolute Gasteiger partial charge is 0.342 e. The van der Waals surface area contributed by atoms with Crippen LogP contribution < -0.4 is 5.69 Å². The third-order valence-electron chi connectivity index (χ3n) is 7.38. The molecular formula is C27H29ClF3N5O3S. The number of benzene rings is 2. The second-order valence-corrected chi connectivity index (χ2v) is 13.0. The van der Waals surface area contributed by atoms with Crippen LogP contribution in [0.25, 0.3) is 22.4 Å². The van der Waals surface area contributed by atoms with Crippen molar-refractivity contribution < 1.29 is 21.6 Å². The van der Waals surface area contributed by atoms with Crippen molar-refractivity contribution in [2.45, 2.75) is 45.1 Å². The summed E-state index contributed by atoms with van der Waals surface area (Å²) in [5, 5.41) is 0.470. The molecule has 1 aliphatic rings. The van der Waals surface area contributed by atoms with Gasteiger partial charge in [0.2, 0.25) is 0 Å². The molecule has 0 amide bonds. The van der Waals surface area contributed by atoms with Crippen LogP contribution in [0.4, 0.5) is 13.2 Å². The Morgan fingerprint density at radius 2 is 1.75 bits per heavy atom. The van der Waals surface area contributed by atoms with Crippen molar-refractivity contribution in [1.29, 1.82) is 0 Å². The number of piperidine rings is 1. The zero-order valence-corrected chi connectivity index (χ0v) is 23.6. The van der Waals surface area contributed by atoms with Crippen LogP contribution in [0.3, 0.4) is 0 Å². The summed E-state index contributed by atoms with van der Waals surface area (Å²) < 4.78 is 65.5. The lowest BCUT2D eigenvalue weighted by molar-refractivity contribution is -0.137. The average molecular weight is 596 g/mol. The van der Waals surface area contributed by atoms with Crippen LogP contribution >= 0.6 is 11.6 Å². The van der Waals surface area contributed by atoms with E-state index in [1.807, 2.05) is 6.92 Å². The number of hydrogen-bond acceptors (Lipinski definition) is 5. The maximum atomic E-state index is 13.4. The summed E-state index contributed by atoms with van der Waals surface area (Å²) >= 11 is 6.20. The van der Waals surface area contributed by atoms with E-state index < -0.39 is 21.6 Å². The molecule has 1 aliphatic heterocycles. The van der Waals surface area contributed by atoms with Crippen molar-refractivity contribution >= 4 is 32.5 Å². The lowest BCUT2D eigenvalue weighted by atomic mass is 10.0. The van der Waals surface area contributed by atoms with E-state index in [9.17, 15) is 26.4 Å². The predicted molar refractivity (Wildman–Crippen MR) is 148 cm³/mol. The van der Waals surface area contributed by atoms with E-state index in [0.717, 1.165) is 35.3 Å². The van der Waals surface area contributed by atoms with Crippen LogP contribution in [0.5, 0.6) is 0 Å². The number of aromatic nitrogens is 4. The Morgan fingerprint density at radius 1 is 1.07 bits per heavy atom. The Bertz CT molecular complexity index is 1700. The number of nitrogens with one attached hydrogen (secondary N) is 1. The molecule has 214 valence electrons. The first kappa shape index (κ1) is 28.4. The topological polar surface area (TPSA) is 93.0 Å². The first-order valence-corrected chi connectivity index (χ1v) is 15.3. The molecule has 40 heavy (non-hydrogen) atoms. The molecule has 0 atom stereocenters. The Labute approximate surface area is 234 Å². The molecule has 1 N–H and O–H groups in total. The molecule has 5 rings (SSSR count). The van der Waals surface area contributed by atoms with E-state index in [1.165, 1.54) is 16.7 Å². The fourth-order valence-corrected chi connectivity index (χ4v) is 5.91. The van der Waals surface area contributed by atoms with E-state index in [2.05, 4.69) is 14.9 Å². The summed E-state index contributed by atoms with van der Waals surface area (Å²) in [4.78, 5) is 23.5. The minimum absolute atomic E-state index is 0.0556. The number of aromatic amines is 1. The quantitative estimate of drug-likeness (QED) is 0.323. The molecule has 0 radical (unpaired) electrons. The van der Waals surface area contributed by atoms with Crippen LogP contribution in [0.2, 0.25) is 5.02 Å². The summed E-state index contributed by atoms with van der Waals surface area (Å²) in [6.07, 6.45) is -1.82. The number of sulfone groups is 1. The van der Waals surface area contributed by atoms with E-state index in [4.69, 9.17) is 11.6 Å². The number of imidazole rings is 2. The van der Waals surface area contributed by atoms with Crippen molar-refractivity contribution in [1.82, 2.24) is 24.0 Å². The molecule has 1 fully saturated rings. The van der Waals surface area contributed by atoms with Gasteiger partial charge in [-0.3, -0.25) is 14.0 Å². The normalized spacial score (nSPS) is 15.8. The minimum Gasteiger partial charge on any atom is -0.342 e. The third kappa shape index (κ3) is 5.98. The second-order valence-electron chi connectivity index (χ2n) is 10.3. The Morgan fingerprint density at radius 3 is 2.38 bits per heavy atom.